The first-order valence-corrected chi connectivity index (χ1v) is 9.25. The second kappa shape index (κ2) is 5.87. The van der Waals surface area contributed by atoms with Crippen molar-refractivity contribution in [1.29, 1.82) is 0 Å². The van der Waals surface area contributed by atoms with Gasteiger partial charge in [0.05, 0.1) is 29.7 Å². The zero-order chi connectivity index (χ0) is 17.7. The number of urea groups is 1. The van der Waals surface area contributed by atoms with Gasteiger partial charge in [0.2, 0.25) is 0 Å². The van der Waals surface area contributed by atoms with E-state index in [1.807, 2.05) is 37.3 Å². The molecule has 0 radical (unpaired) electrons. The van der Waals surface area contributed by atoms with Gasteiger partial charge in [-0.05, 0) is 62.5 Å². The van der Waals surface area contributed by atoms with E-state index in [1.165, 1.54) is 6.42 Å². The normalized spacial score (nSPS) is 35.5. The highest BCUT2D eigenvalue weighted by Gasteiger charge is 2.57. The third-order valence-electron chi connectivity index (χ3n) is 6.16. The molecule has 25 heavy (non-hydrogen) atoms. The summed E-state index contributed by atoms with van der Waals surface area (Å²) in [7, 11) is 3.95. The molecule has 0 saturated heterocycles. The van der Waals surface area contributed by atoms with Crippen LogP contribution in [0.15, 0.2) is 18.3 Å². The van der Waals surface area contributed by atoms with Crippen molar-refractivity contribution in [3.63, 3.8) is 0 Å². The van der Waals surface area contributed by atoms with Crippen LogP contribution in [0.3, 0.4) is 0 Å². The van der Waals surface area contributed by atoms with Gasteiger partial charge in [0, 0.05) is 19.6 Å². The van der Waals surface area contributed by atoms with Gasteiger partial charge in [0.25, 0.3) is 0 Å². The van der Waals surface area contributed by atoms with E-state index in [-0.39, 0.29) is 11.6 Å². The molecule has 4 aliphatic carbocycles. The van der Waals surface area contributed by atoms with Crippen LogP contribution in [0.1, 0.15) is 44.2 Å². The Bertz CT molecular complexity index is 644. The molecule has 3 N–H and O–H groups in total. The monoisotopic (exact) mass is 344 g/mol. The van der Waals surface area contributed by atoms with Crippen LogP contribution >= 0.6 is 0 Å². The molecule has 6 nitrogen and oxygen atoms in total. The summed E-state index contributed by atoms with van der Waals surface area (Å²) in [6, 6.07) is 3.78. The number of amides is 2. The molecule has 1 aromatic rings. The van der Waals surface area contributed by atoms with E-state index in [4.69, 9.17) is 0 Å². The van der Waals surface area contributed by atoms with Crippen molar-refractivity contribution in [2.24, 2.45) is 11.8 Å². The Morgan fingerprint density at radius 2 is 2.00 bits per heavy atom. The summed E-state index contributed by atoms with van der Waals surface area (Å²) >= 11 is 0. The molecule has 0 aliphatic heterocycles. The predicted octanol–water partition coefficient (Wildman–Crippen LogP) is 2.03. The minimum Gasteiger partial charge on any atom is -0.390 e. The van der Waals surface area contributed by atoms with Crippen molar-refractivity contribution in [3.05, 3.63) is 24.0 Å². The van der Waals surface area contributed by atoms with E-state index in [2.05, 4.69) is 15.6 Å². The van der Waals surface area contributed by atoms with E-state index in [1.54, 1.807) is 0 Å². The fraction of sp³-hybridized carbons (Fsp3) is 0.684. The quantitative estimate of drug-likeness (QED) is 0.781. The minimum absolute atomic E-state index is 0.149. The summed E-state index contributed by atoms with van der Waals surface area (Å²) in [6.45, 7) is 0.409. The molecular weight excluding hydrogens is 316 g/mol. The molecule has 0 spiro atoms. The van der Waals surface area contributed by atoms with Gasteiger partial charge < -0.3 is 20.6 Å². The topological polar surface area (TPSA) is 77.5 Å². The molecule has 2 unspecified atom stereocenters. The molecule has 6 heteroatoms. The molecule has 1 aromatic heterocycles. The number of rotatable bonds is 4. The van der Waals surface area contributed by atoms with Gasteiger partial charge in [-0.3, -0.25) is 4.98 Å². The number of aliphatic hydroxyl groups is 1. The zero-order valence-electron chi connectivity index (χ0n) is 15.1. The smallest absolute Gasteiger partial charge is 0.315 e. The Labute approximate surface area is 149 Å². The average Bonchev–Trinajstić information content (AvgIpc) is 2.50. The van der Waals surface area contributed by atoms with Gasteiger partial charge >= 0.3 is 6.03 Å². The Balaban J connectivity index is 1.35. The number of hydrogen-bond donors (Lipinski definition) is 3. The fourth-order valence-electron chi connectivity index (χ4n) is 5.60. The molecule has 2 atom stereocenters. The molecule has 2 amide bonds. The number of pyridine rings is 1. The summed E-state index contributed by atoms with van der Waals surface area (Å²) < 4.78 is 0. The number of nitrogens with zero attached hydrogens (tertiary/aromatic N) is 2. The van der Waals surface area contributed by atoms with Gasteiger partial charge in [-0.25, -0.2) is 4.79 Å². The molecule has 0 aromatic carbocycles. The number of hydrogen-bond acceptors (Lipinski definition) is 4. The summed E-state index contributed by atoms with van der Waals surface area (Å²) in [5.74, 6) is 1.12. The minimum atomic E-state index is -0.555. The lowest BCUT2D eigenvalue weighted by Crippen LogP contribution is -2.66. The van der Waals surface area contributed by atoms with Crippen molar-refractivity contribution < 1.29 is 9.90 Å². The van der Waals surface area contributed by atoms with E-state index < -0.39 is 5.60 Å². The van der Waals surface area contributed by atoms with Crippen molar-refractivity contribution in [2.75, 3.05) is 19.0 Å². The van der Waals surface area contributed by atoms with Crippen LogP contribution in [0.2, 0.25) is 0 Å². The fourth-order valence-corrected chi connectivity index (χ4v) is 5.60. The van der Waals surface area contributed by atoms with Crippen LogP contribution < -0.4 is 15.5 Å². The molecule has 4 fully saturated rings. The highest BCUT2D eigenvalue weighted by molar-refractivity contribution is 5.75. The van der Waals surface area contributed by atoms with Gasteiger partial charge in [-0.1, -0.05) is 0 Å². The summed E-state index contributed by atoms with van der Waals surface area (Å²) in [5.41, 5.74) is 1.10. The van der Waals surface area contributed by atoms with Crippen molar-refractivity contribution >= 4 is 11.7 Å². The largest absolute Gasteiger partial charge is 0.390 e. The SMILES string of the molecule is CN(C)c1ccc(CNC(=O)NC23CC4CC(CC(O)(C4)C2)C3)nc1. The maximum atomic E-state index is 12.4. The third-order valence-corrected chi connectivity index (χ3v) is 6.16. The lowest BCUT2D eigenvalue weighted by molar-refractivity contribution is -0.139. The average molecular weight is 344 g/mol. The van der Waals surface area contributed by atoms with E-state index >= 15 is 0 Å². The number of carbonyl (C=O) groups excluding carboxylic acids is 1. The van der Waals surface area contributed by atoms with Gasteiger partial charge in [0.15, 0.2) is 0 Å². The summed E-state index contributed by atoms with van der Waals surface area (Å²) in [5, 5.41) is 16.9. The lowest BCUT2D eigenvalue weighted by Gasteiger charge is -2.60. The van der Waals surface area contributed by atoms with Crippen LogP contribution in [0, 0.1) is 11.8 Å². The van der Waals surface area contributed by atoms with E-state index in [9.17, 15) is 9.90 Å². The Morgan fingerprint density at radius 1 is 1.28 bits per heavy atom. The van der Waals surface area contributed by atoms with Crippen LogP contribution in [-0.2, 0) is 6.54 Å². The molecule has 1 heterocycles. The third kappa shape index (κ3) is 3.32. The number of aromatic nitrogens is 1. The second-order valence-electron chi connectivity index (χ2n) is 8.68. The molecule has 4 saturated carbocycles. The van der Waals surface area contributed by atoms with Gasteiger partial charge in [-0.2, -0.15) is 0 Å². The van der Waals surface area contributed by atoms with Crippen molar-refractivity contribution in [3.8, 4) is 0 Å². The first kappa shape index (κ1) is 16.6. The van der Waals surface area contributed by atoms with Crippen molar-refractivity contribution in [1.82, 2.24) is 15.6 Å². The molecule has 4 aliphatic rings. The molecule has 136 valence electrons. The van der Waals surface area contributed by atoms with Crippen LogP contribution in [0.25, 0.3) is 0 Å². The first-order chi connectivity index (χ1) is 11.8. The highest BCUT2D eigenvalue weighted by Crippen LogP contribution is 2.57. The standard InChI is InChI=1S/C19H28N4O2/c1-23(2)16-4-3-15(20-11-16)10-21-17(24)22-18-6-13-5-14(7-18)9-19(25,8-13)12-18/h3-4,11,13-14,25H,5-10,12H2,1-2H3,(H2,21,22,24). The molecule has 4 bridgehead atoms. The van der Waals surface area contributed by atoms with Crippen molar-refractivity contribution in [2.45, 2.75) is 56.2 Å². The summed E-state index contributed by atoms with van der Waals surface area (Å²) in [4.78, 5) is 18.8. The molecule has 5 rings (SSSR count). The zero-order valence-corrected chi connectivity index (χ0v) is 15.1. The Hall–Kier alpha value is -1.82. The highest BCUT2D eigenvalue weighted by atomic mass is 16.3. The maximum absolute atomic E-state index is 12.4. The van der Waals surface area contributed by atoms with Crippen LogP contribution in [0.5, 0.6) is 0 Å². The second-order valence-corrected chi connectivity index (χ2v) is 8.68. The number of carbonyl (C=O) groups is 1. The number of anilines is 1. The van der Waals surface area contributed by atoms with E-state index in [0.29, 0.717) is 24.8 Å². The first-order valence-electron chi connectivity index (χ1n) is 9.25. The summed E-state index contributed by atoms with van der Waals surface area (Å²) in [6.07, 6.45) is 7.58. The van der Waals surface area contributed by atoms with Crippen LogP contribution in [0.4, 0.5) is 10.5 Å². The predicted molar refractivity (Wildman–Crippen MR) is 96.3 cm³/mol. The van der Waals surface area contributed by atoms with Gasteiger partial charge in [0.1, 0.15) is 0 Å². The molecular formula is C19H28N4O2. The Kier molecular flexibility index (Phi) is 3.90. The maximum Gasteiger partial charge on any atom is 0.315 e. The number of nitrogens with one attached hydrogen (secondary N) is 2. The van der Waals surface area contributed by atoms with E-state index in [0.717, 1.165) is 37.1 Å². The van der Waals surface area contributed by atoms with Gasteiger partial charge in [-0.15, -0.1) is 0 Å². The Morgan fingerprint density at radius 3 is 2.56 bits per heavy atom. The van der Waals surface area contributed by atoms with Crippen LogP contribution in [-0.4, -0.2) is 41.4 Å². The lowest BCUT2D eigenvalue weighted by atomic mass is 9.51.